The van der Waals surface area contributed by atoms with Crippen LogP contribution in [0.5, 0.6) is 0 Å². The molecule has 0 aliphatic carbocycles. The Morgan fingerprint density at radius 1 is 1.09 bits per heavy atom. The minimum Gasteiger partial charge on any atom is -0.444 e. The highest BCUT2D eigenvalue weighted by atomic mass is 16.6. The van der Waals surface area contributed by atoms with Gasteiger partial charge in [0.15, 0.2) is 0 Å². The van der Waals surface area contributed by atoms with Gasteiger partial charge in [0.25, 0.3) is 0 Å². The predicted octanol–water partition coefficient (Wildman–Crippen LogP) is 0.709. The average molecular weight is 321 g/mol. The zero-order chi connectivity index (χ0) is 17.6. The standard InChI is InChI=1S/C16H23N3O4/c1-16(2,3)23-15(22)19-12(14(18)21)11(13(17)20)9-10-7-5-4-6-8-10/h4-8,11-12H,9H2,1-3H3,(H2,17,20)(H2,18,21)(H,19,22)/t11?,12-/m0/s1. The van der Waals surface area contributed by atoms with Crippen molar-refractivity contribution in [2.75, 3.05) is 0 Å². The maximum atomic E-state index is 11.9. The summed E-state index contributed by atoms with van der Waals surface area (Å²) >= 11 is 0. The Bertz CT molecular complexity index is 566. The van der Waals surface area contributed by atoms with Crippen molar-refractivity contribution in [3.8, 4) is 0 Å². The highest BCUT2D eigenvalue weighted by Gasteiger charge is 2.33. The number of carbonyl (C=O) groups excluding carboxylic acids is 3. The van der Waals surface area contributed by atoms with Gasteiger partial charge in [-0.05, 0) is 32.8 Å². The molecule has 1 unspecified atom stereocenters. The lowest BCUT2D eigenvalue weighted by Gasteiger charge is -2.26. The van der Waals surface area contributed by atoms with Gasteiger partial charge in [-0.1, -0.05) is 30.3 Å². The van der Waals surface area contributed by atoms with E-state index in [0.29, 0.717) is 0 Å². The number of amides is 3. The third-order valence-corrected chi connectivity index (χ3v) is 3.05. The lowest BCUT2D eigenvalue weighted by molar-refractivity contribution is -0.129. The molecule has 2 atom stereocenters. The zero-order valence-electron chi connectivity index (χ0n) is 13.5. The average Bonchev–Trinajstić information content (AvgIpc) is 2.41. The second-order valence-electron chi connectivity index (χ2n) is 6.22. The second kappa shape index (κ2) is 7.62. The third-order valence-electron chi connectivity index (χ3n) is 3.05. The molecular weight excluding hydrogens is 298 g/mol. The second-order valence-corrected chi connectivity index (χ2v) is 6.22. The number of benzene rings is 1. The van der Waals surface area contributed by atoms with Crippen LogP contribution in [0.2, 0.25) is 0 Å². The van der Waals surface area contributed by atoms with Crippen molar-refractivity contribution in [2.45, 2.75) is 38.8 Å². The summed E-state index contributed by atoms with van der Waals surface area (Å²) in [6.07, 6.45) is -0.653. The van der Waals surface area contributed by atoms with Gasteiger partial charge >= 0.3 is 6.09 Å². The maximum Gasteiger partial charge on any atom is 0.408 e. The van der Waals surface area contributed by atoms with Crippen molar-refractivity contribution in [1.29, 1.82) is 0 Å². The van der Waals surface area contributed by atoms with Gasteiger partial charge in [-0.2, -0.15) is 0 Å². The van der Waals surface area contributed by atoms with Crippen LogP contribution in [-0.4, -0.2) is 29.6 Å². The molecule has 5 N–H and O–H groups in total. The SMILES string of the molecule is CC(C)(C)OC(=O)N[C@H](C(N)=O)C(Cc1ccccc1)C(N)=O. The van der Waals surface area contributed by atoms with Gasteiger partial charge in [-0.25, -0.2) is 4.79 Å². The Morgan fingerprint density at radius 3 is 2.09 bits per heavy atom. The lowest BCUT2D eigenvalue weighted by Crippen LogP contribution is -2.54. The molecule has 3 amide bonds. The van der Waals surface area contributed by atoms with Gasteiger partial charge in [-0.3, -0.25) is 9.59 Å². The number of rotatable bonds is 6. The van der Waals surface area contributed by atoms with Gasteiger partial charge < -0.3 is 21.5 Å². The van der Waals surface area contributed by atoms with Crippen LogP contribution >= 0.6 is 0 Å². The van der Waals surface area contributed by atoms with Crippen LogP contribution in [0.25, 0.3) is 0 Å². The smallest absolute Gasteiger partial charge is 0.408 e. The van der Waals surface area contributed by atoms with Crippen LogP contribution in [0, 0.1) is 5.92 Å². The molecule has 0 saturated carbocycles. The fourth-order valence-corrected chi connectivity index (χ4v) is 2.06. The van der Waals surface area contributed by atoms with Crippen molar-refractivity contribution in [1.82, 2.24) is 5.32 Å². The number of primary amides is 2. The summed E-state index contributed by atoms with van der Waals surface area (Å²) in [4.78, 5) is 35.3. The number of nitrogens with one attached hydrogen (secondary N) is 1. The number of nitrogens with two attached hydrogens (primary N) is 2. The first-order chi connectivity index (χ1) is 10.6. The molecular formula is C16H23N3O4. The third kappa shape index (κ3) is 6.37. The van der Waals surface area contributed by atoms with E-state index in [2.05, 4.69) is 5.32 Å². The molecule has 0 aromatic heterocycles. The molecule has 7 heteroatoms. The summed E-state index contributed by atoms with van der Waals surface area (Å²) in [6, 6.07) is 7.76. The molecule has 0 spiro atoms. The van der Waals surface area contributed by atoms with Crippen LogP contribution in [0.3, 0.4) is 0 Å². The number of alkyl carbamates (subject to hydrolysis) is 1. The number of carbonyl (C=O) groups is 3. The quantitative estimate of drug-likeness (QED) is 0.713. The zero-order valence-corrected chi connectivity index (χ0v) is 13.5. The molecule has 1 aromatic rings. The van der Waals surface area contributed by atoms with Crippen LogP contribution in [-0.2, 0) is 20.7 Å². The van der Waals surface area contributed by atoms with Crippen molar-refractivity contribution in [2.24, 2.45) is 17.4 Å². The van der Waals surface area contributed by atoms with Crippen LogP contribution in [0.4, 0.5) is 4.79 Å². The largest absolute Gasteiger partial charge is 0.444 e. The monoisotopic (exact) mass is 321 g/mol. The molecule has 0 radical (unpaired) electrons. The summed E-state index contributed by atoms with van der Waals surface area (Å²) in [6.45, 7) is 5.05. The Labute approximate surface area is 135 Å². The summed E-state index contributed by atoms with van der Waals surface area (Å²) in [5.74, 6) is -2.55. The first-order valence-corrected chi connectivity index (χ1v) is 7.22. The molecule has 0 aliphatic rings. The van der Waals surface area contributed by atoms with E-state index in [1.807, 2.05) is 6.07 Å². The Balaban J connectivity index is 2.92. The van der Waals surface area contributed by atoms with Crippen LogP contribution in [0.1, 0.15) is 26.3 Å². The summed E-state index contributed by atoms with van der Waals surface area (Å²) < 4.78 is 5.09. The summed E-state index contributed by atoms with van der Waals surface area (Å²) in [7, 11) is 0. The van der Waals surface area contributed by atoms with E-state index >= 15 is 0 Å². The van der Waals surface area contributed by atoms with E-state index in [-0.39, 0.29) is 6.42 Å². The lowest BCUT2D eigenvalue weighted by atomic mass is 9.91. The number of hydrogen-bond donors (Lipinski definition) is 3. The van der Waals surface area contributed by atoms with E-state index < -0.39 is 35.5 Å². The first kappa shape index (κ1) is 18.5. The molecule has 126 valence electrons. The summed E-state index contributed by atoms with van der Waals surface area (Å²) in [5.41, 5.74) is 10.8. The minimum atomic E-state index is -1.25. The number of ether oxygens (including phenoxy) is 1. The Morgan fingerprint density at radius 2 is 1.65 bits per heavy atom. The molecule has 1 aromatic carbocycles. The van der Waals surface area contributed by atoms with E-state index in [1.54, 1.807) is 45.0 Å². The van der Waals surface area contributed by atoms with E-state index in [9.17, 15) is 14.4 Å². The van der Waals surface area contributed by atoms with Crippen molar-refractivity contribution in [3.63, 3.8) is 0 Å². The molecule has 23 heavy (non-hydrogen) atoms. The van der Waals surface area contributed by atoms with Gasteiger partial charge in [-0.15, -0.1) is 0 Å². The highest BCUT2D eigenvalue weighted by molar-refractivity contribution is 5.91. The molecule has 1 rings (SSSR count). The molecule has 7 nitrogen and oxygen atoms in total. The molecule has 0 saturated heterocycles. The van der Waals surface area contributed by atoms with Gasteiger partial charge in [0.05, 0.1) is 5.92 Å². The minimum absolute atomic E-state index is 0.180. The first-order valence-electron chi connectivity index (χ1n) is 7.22. The maximum absolute atomic E-state index is 11.9. The Hall–Kier alpha value is -2.57. The fraction of sp³-hybridized carbons (Fsp3) is 0.438. The van der Waals surface area contributed by atoms with Crippen molar-refractivity contribution >= 4 is 17.9 Å². The van der Waals surface area contributed by atoms with Gasteiger partial charge in [0.1, 0.15) is 11.6 Å². The fourth-order valence-electron chi connectivity index (χ4n) is 2.06. The van der Waals surface area contributed by atoms with E-state index in [0.717, 1.165) is 5.56 Å². The normalized spacial score (nSPS) is 13.7. The molecule has 0 aliphatic heterocycles. The van der Waals surface area contributed by atoms with Crippen LogP contribution < -0.4 is 16.8 Å². The van der Waals surface area contributed by atoms with Gasteiger partial charge in [0, 0.05) is 0 Å². The highest BCUT2D eigenvalue weighted by Crippen LogP contribution is 2.14. The van der Waals surface area contributed by atoms with Crippen LogP contribution in [0.15, 0.2) is 30.3 Å². The van der Waals surface area contributed by atoms with Crippen molar-refractivity contribution in [3.05, 3.63) is 35.9 Å². The molecule has 0 fully saturated rings. The van der Waals surface area contributed by atoms with E-state index in [1.165, 1.54) is 0 Å². The topological polar surface area (TPSA) is 125 Å². The molecule has 0 bridgehead atoms. The summed E-state index contributed by atoms with van der Waals surface area (Å²) in [5, 5.41) is 2.34. The van der Waals surface area contributed by atoms with E-state index in [4.69, 9.17) is 16.2 Å². The Kier molecular flexibility index (Phi) is 6.12. The number of hydrogen-bond acceptors (Lipinski definition) is 4. The van der Waals surface area contributed by atoms with Gasteiger partial charge in [0.2, 0.25) is 11.8 Å². The molecule has 0 heterocycles. The predicted molar refractivity (Wildman–Crippen MR) is 85.2 cm³/mol. The van der Waals surface area contributed by atoms with Crippen molar-refractivity contribution < 1.29 is 19.1 Å².